The Hall–Kier alpha value is -4.80. The van der Waals surface area contributed by atoms with Crippen molar-refractivity contribution in [3.8, 4) is 0 Å². The highest BCUT2D eigenvalue weighted by atomic mass is 16.4. The number of amides is 3. The van der Waals surface area contributed by atoms with Gasteiger partial charge < -0.3 is 47.0 Å². The molecule has 4 atom stereocenters. The number of nitrogens with zero attached hydrogens (tertiary/aromatic N) is 2. The van der Waals surface area contributed by atoms with E-state index in [1.54, 1.807) is 0 Å². The van der Waals surface area contributed by atoms with Crippen molar-refractivity contribution in [3.05, 3.63) is 36.4 Å². The number of imidazole rings is 2. The third-order valence-electron chi connectivity index (χ3n) is 5.22. The minimum Gasteiger partial charge on any atom is -0.481 e. The smallest absolute Gasteiger partial charge is 0.326 e. The van der Waals surface area contributed by atoms with Gasteiger partial charge in [-0.3, -0.25) is 24.0 Å². The Morgan fingerprint density at radius 1 is 0.763 bits per heavy atom. The number of carboxylic acid groups (broad SMARTS) is 3. The van der Waals surface area contributed by atoms with Gasteiger partial charge in [0.2, 0.25) is 17.7 Å². The number of hydrogen-bond acceptors (Lipinski definition) is 9. The normalized spacial score (nSPS) is 13.9. The fourth-order valence-electron chi connectivity index (χ4n) is 3.28. The molecule has 0 aliphatic heterocycles. The monoisotopic (exact) mass is 536 g/mol. The number of nitrogens with one attached hydrogen (secondary N) is 5. The van der Waals surface area contributed by atoms with E-state index < -0.39 is 79.1 Å². The largest absolute Gasteiger partial charge is 0.481 e. The van der Waals surface area contributed by atoms with E-state index in [0.717, 1.165) is 0 Å². The maximum atomic E-state index is 13.1. The van der Waals surface area contributed by atoms with E-state index in [-0.39, 0.29) is 12.8 Å². The average molecular weight is 537 g/mol. The number of rotatable bonds is 16. The van der Waals surface area contributed by atoms with Gasteiger partial charge in [-0.25, -0.2) is 14.8 Å². The summed E-state index contributed by atoms with van der Waals surface area (Å²) >= 11 is 0. The Morgan fingerprint density at radius 3 is 1.74 bits per heavy atom. The van der Waals surface area contributed by atoms with E-state index in [4.69, 9.17) is 15.9 Å². The first-order valence-corrected chi connectivity index (χ1v) is 11.2. The van der Waals surface area contributed by atoms with Crippen molar-refractivity contribution in [1.82, 2.24) is 35.9 Å². The summed E-state index contributed by atoms with van der Waals surface area (Å²) in [4.78, 5) is 85.1. The van der Waals surface area contributed by atoms with Gasteiger partial charge in [0.15, 0.2) is 0 Å². The Labute approximate surface area is 214 Å². The minimum absolute atomic E-state index is 0.164. The van der Waals surface area contributed by atoms with Crippen LogP contribution in [-0.4, -0.2) is 95.1 Å². The fourth-order valence-corrected chi connectivity index (χ4v) is 3.28. The van der Waals surface area contributed by atoms with E-state index in [0.29, 0.717) is 11.4 Å². The summed E-state index contributed by atoms with van der Waals surface area (Å²) in [6.45, 7) is 0. The van der Waals surface area contributed by atoms with Crippen LogP contribution in [0.3, 0.4) is 0 Å². The van der Waals surface area contributed by atoms with Crippen LogP contribution in [0, 0.1) is 0 Å². The minimum atomic E-state index is -1.49. The molecule has 0 spiro atoms. The average Bonchev–Trinajstić information content (AvgIpc) is 3.54. The predicted molar refractivity (Wildman–Crippen MR) is 125 cm³/mol. The van der Waals surface area contributed by atoms with Crippen molar-refractivity contribution in [2.24, 2.45) is 5.73 Å². The van der Waals surface area contributed by atoms with Crippen LogP contribution in [0.1, 0.15) is 30.7 Å². The SMILES string of the molecule is NC(CC(=O)O)C(=O)NC(Cc1cnc[nH]1)C(=O)NC(CCC(=O)O)C(=O)NC(Cc1cnc[nH]1)C(=O)O. The number of hydrogen-bond donors (Lipinski definition) is 9. The zero-order valence-electron chi connectivity index (χ0n) is 19.9. The molecule has 2 heterocycles. The summed E-state index contributed by atoms with van der Waals surface area (Å²) in [5.41, 5.74) is 6.38. The second-order valence-electron chi connectivity index (χ2n) is 8.22. The standard InChI is InChI=1S/C21H28N8O9/c22-12(5-17(32)33)18(34)28-14(3-10-6-23-8-25-10)20(36)27-13(1-2-16(30)31)19(35)29-15(21(37)38)4-11-7-24-9-26-11/h6-9,12-15H,1-5,22H2,(H,23,25)(H,24,26)(H,27,36)(H,28,34)(H,29,35)(H,30,31)(H,32,33)(H,37,38). The lowest BCUT2D eigenvalue weighted by molar-refractivity contribution is -0.143. The van der Waals surface area contributed by atoms with Crippen LogP contribution in [0.4, 0.5) is 0 Å². The van der Waals surface area contributed by atoms with Crippen molar-refractivity contribution in [2.75, 3.05) is 0 Å². The van der Waals surface area contributed by atoms with Crippen LogP contribution >= 0.6 is 0 Å². The van der Waals surface area contributed by atoms with Crippen molar-refractivity contribution >= 4 is 35.6 Å². The van der Waals surface area contributed by atoms with Gasteiger partial charge in [0.1, 0.15) is 18.1 Å². The number of aromatic amines is 2. The van der Waals surface area contributed by atoms with Gasteiger partial charge in [-0.1, -0.05) is 0 Å². The summed E-state index contributed by atoms with van der Waals surface area (Å²) in [7, 11) is 0. The maximum absolute atomic E-state index is 13.1. The van der Waals surface area contributed by atoms with E-state index in [1.807, 2.05) is 0 Å². The fraction of sp³-hybridized carbons (Fsp3) is 0.429. The second kappa shape index (κ2) is 14.1. The molecule has 206 valence electrons. The van der Waals surface area contributed by atoms with E-state index in [9.17, 15) is 33.9 Å². The zero-order valence-corrected chi connectivity index (χ0v) is 19.9. The molecule has 3 amide bonds. The quantitative estimate of drug-likeness (QED) is 0.105. The van der Waals surface area contributed by atoms with Crippen LogP contribution in [0.2, 0.25) is 0 Å². The molecule has 0 aliphatic rings. The number of H-pyrrole nitrogens is 2. The number of carbonyl (C=O) groups is 6. The molecule has 0 fully saturated rings. The molecule has 17 nitrogen and oxygen atoms in total. The van der Waals surface area contributed by atoms with Crippen molar-refractivity contribution in [2.45, 2.75) is 56.3 Å². The van der Waals surface area contributed by atoms with Crippen molar-refractivity contribution in [1.29, 1.82) is 0 Å². The summed E-state index contributed by atoms with van der Waals surface area (Å²) in [6, 6.07) is -5.77. The molecular formula is C21H28N8O9. The first-order chi connectivity index (χ1) is 18.0. The third-order valence-corrected chi connectivity index (χ3v) is 5.22. The Morgan fingerprint density at radius 2 is 1.26 bits per heavy atom. The Bertz CT molecular complexity index is 1120. The summed E-state index contributed by atoms with van der Waals surface area (Å²) in [5, 5.41) is 34.4. The number of carboxylic acids is 3. The lowest BCUT2D eigenvalue weighted by Gasteiger charge is -2.24. The summed E-state index contributed by atoms with van der Waals surface area (Å²) in [5.74, 6) is -6.85. The van der Waals surface area contributed by atoms with E-state index >= 15 is 0 Å². The van der Waals surface area contributed by atoms with Crippen molar-refractivity contribution < 1.29 is 44.1 Å². The van der Waals surface area contributed by atoms with Crippen LogP contribution in [0.15, 0.2) is 25.0 Å². The van der Waals surface area contributed by atoms with Gasteiger partial charge in [-0.15, -0.1) is 0 Å². The summed E-state index contributed by atoms with van der Waals surface area (Å²) in [6.07, 6.45) is 3.39. The highest BCUT2D eigenvalue weighted by molar-refractivity contribution is 5.95. The topological polar surface area (TPSA) is 283 Å². The van der Waals surface area contributed by atoms with Crippen molar-refractivity contribution in [3.63, 3.8) is 0 Å². The Balaban J connectivity index is 2.20. The van der Waals surface area contributed by atoms with Gasteiger partial charge in [0.05, 0.1) is 25.1 Å². The molecule has 2 aromatic rings. The van der Waals surface area contributed by atoms with Gasteiger partial charge >= 0.3 is 17.9 Å². The molecule has 38 heavy (non-hydrogen) atoms. The number of aliphatic carboxylic acids is 3. The molecule has 0 radical (unpaired) electrons. The van der Waals surface area contributed by atoms with E-state index in [1.165, 1.54) is 25.0 Å². The molecule has 2 rings (SSSR count). The number of carbonyl (C=O) groups excluding carboxylic acids is 3. The number of aromatic nitrogens is 4. The first-order valence-electron chi connectivity index (χ1n) is 11.2. The lowest BCUT2D eigenvalue weighted by atomic mass is 10.1. The van der Waals surface area contributed by atoms with Gasteiger partial charge in [0.25, 0.3) is 0 Å². The molecule has 4 unspecified atom stereocenters. The molecule has 0 saturated heterocycles. The lowest BCUT2D eigenvalue weighted by Crippen LogP contribution is -2.58. The molecule has 2 aromatic heterocycles. The molecule has 10 N–H and O–H groups in total. The van der Waals surface area contributed by atoms with Gasteiger partial charge in [-0.2, -0.15) is 0 Å². The van der Waals surface area contributed by atoms with Crippen LogP contribution in [0.25, 0.3) is 0 Å². The third kappa shape index (κ3) is 9.69. The van der Waals surface area contributed by atoms with Crippen LogP contribution < -0.4 is 21.7 Å². The van der Waals surface area contributed by atoms with E-state index in [2.05, 4.69) is 35.9 Å². The molecular weight excluding hydrogens is 508 g/mol. The molecule has 17 heteroatoms. The highest BCUT2D eigenvalue weighted by Gasteiger charge is 2.31. The van der Waals surface area contributed by atoms with Crippen LogP contribution in [-0.2, 0) is 41.6 Å². The molecule has 0 aromatic carbocycles. The first kappa shape index (κ1) is 29.4. The number of nitrogens with two attached hydrogens (primary N) is 1. The van der Waals surface area contributed by atoms with Gasteiger partial charge in [0, 0.05) is 43.0 Å². The zero-order chi connectivity index (χ0) is 28.2. The Kier molecular flexibility index (Phi) is 10.9. The molecule has 0 bridgehead atoms. The molecule has 0 aliphatic carbocycles. The molecule has 0 saturated carbocycles. The predicted octanol–water partition coefficient (Wildman–Crippen LogP) is -2.88. The maximum Gasteiger partial charge on any atom is 0.326 e. The highest BCUT2D eigenvalue weighted by Crippen LogP contribution is 2.06. The second-order valence-corrected chi connectivity index (χ2v) is 8.22. The van der Waals surface area contributed by atoms with Crippen LogP contribution in [0.5, 0.6) is 0 Å². The van der Waals surface area contributed by atoms with Gasteiger partial charge in [-0.05, 0) is 6.42 Å². The summed E-state index contributed by atoms with van der Waals surface area (Å²) < 4.78 is 0.